The zero-order chi connectivity index (χ0) is 35.4. The molecule has 15 nitrogen and oxygen atoms in total. The van der Waals surface area contributed by atoms with E-state index in [4.69, 9.17) is 20.1 Å². The molecular weight excluding hydrogens is 642 g/mol. The van der Waals surface area contributed by atoms with Crippen molar-refractivity contribution in [3.05, 3.63) is 87.5 Å². The number of ketones is 3. The molecule has 0 bridgehead atoms. The molecule has 0 saturated carbocycles. The maximum absolute atomic E-state index is 13.9. The monoisotopic (exact) mass is 677 g/mol. The molecular formula is C34H35N3O12. The number of fused-ring (bicyclic) bond motifs is 3. The van der Waals surface area contributed by atoms with Gasteiger partial charge in [0, 0.05) is 41.5 Å². The Hall–Kier alpha value is -4.74. The molecule has 15 heteroatoms. The number of hydrogen-bond acceptors (Lipinski definition) is 14. The van der Waals surface area contributed by atoms with Gasteiger partial charge in [-0.1, -0.05) is 30.3 Å². The lowest BCUT2D eigenvalue weighted by Gasteiger charge is -2.45. The summed E-state index contributed by atoms with van der Waals surface area (Å²) in [6.07, 6.45) is -6.43. The predicted molar refractivity (Wildman–Crippen MR) is 168 cm³/mol. The van der Waals surface area contributed by atoms with Gasteiger partial charge in [-0.05, 0) is 25.1 Å². The molecule has 6 rings (SSSR count). The summed E-state index contributed by atoms with van der Waals surface area (Å²) in [5.74, 6) is 1.09. The summed E-state index contributed by atoms with van der Waals surface area (Å²) in [7, 11) is 1.31. The third-order valence-electron chi connectivity index (χ3n) is 9.44. The molecule has 0 aromatic heterocycles. The number of aliphatic hydroxyl groups excluding tert-OH is 2. The number of amides is 1. The number of nitrogens with zero attached hydrogens (tertiary/aromatic N) is 1. The number of hydrogen-bond donors (Lipinski definition) is 7. The van der Waals surface area contributed by atoms with Gasteiger partial charge < -0.3 is 39.7 Å². The molecule has 1 amide bonds. The highest BCUT2D eigenvalue weighted by molar-refractivity contribution is 6.31. The van der Waals surface area contributed by atoms with Crippen LogP contribution >= 0.6 is 0 Å². The predicted octanol–water partition coefficient (Wildman–Crippen LogP) is 0.563. The Labute approximate surface area is 279 Å². The second kappa shape index (κ2) is 12.9. The maximum atomic E-state index is 13.9. The fourth-order valence-electron chi connectivity index (χ4n) is 6.97. The summed E-state index contributed by atoms with van der Waals surface area (Å²) < 4.78 is 17.5. The van der Waals surface area contributed by atoms with E-state index in [-0.39, 0.29) is 40.0 Å². The highest BCUT2D eigenvalue weighted by Gasteiger charge is 2.51. The molecule has 1 heterocycles. The molecule has 49 heavy (non-hydrogen) atoms. The summed E-state index contributed by atoms with van der Waals surface area (Å²) >= 11 is 0. The van der Waals surface area contributed by atoms with Crippen LogP contribution in [0.2, 0.25) is 0 Å². The molecule has 3 aromatic carbocycles. The van der Waals surface area contributed by atoms with Gasteiger partial charge in [0.2, 0.25) is 5.78 Å². The first-order valence-electron chi connectivity index (χ1n) is 15.4. The number of aromatic hydroxyl groups is 2. The highest BCUT2D eigenvalue weighted by atomic mass is 16.7. The van der Waals surface area contributed by atoms with E-state index in [2.05, 4.69) is 5.53 Å². The minimum Gasteiger partial charge on any atom is -0.507 e. The highest BCUT2D eigenvalue weighted by Crippen LogP contribution is 2.52. The van der Waals surface area contributed by atoms with Crippen molar-refractivity contribution in [2.45, 2.75) is 62.4 Å². The van der Waals surface area contributed by atoms with Gasteiger partial charge in [-0.15, -0.1) is 0 Å². The minimum atomic E-state index is -2.35. The molecule has 1 saturated heterocycles. The third kappa shape index (κ3) is 5.54. The first-order chi connectivity index (χ1) is 23.4. The van der Waals surface area contributed by atoms with Gasteiger partial charge in [0.25, 0.3) is 5.91 Å². The average Bonchev–Trinajstić information content (AvgIpc) is 3.10. The first-order valence-corrected chi connectivity index (χ1v) is 15.4. The number of phenolic OH excluding ortho intramolecular Hbond substituents is 2. The van der Waals surface area contributed by atoms with Gasteiger partial charge in [0.05, 0.1) is 42.0 Å². The lowest BCUT2D eigenvalue weighted by Crippen LogP contribution is -2.62. The number of phenols is 2. The lowest BCUT2D eigenvalue weighted by atomic mass is 9.72. The smallest absolute Gasteiger partial charge is 0.269 e. The minimum absolute atomic E-state index is 0.0612. The Kier molecular flexibility index (Phi) is 9.02. The van der Waals surface area contributed by atoms with Crippen molar-refractivity contribution in [1.82, 2.24) is 10.5 Å². The van der Waals surface area contributed by atoms with E-state index >= 15 is 0 Å². The molecule has 4 unspecified atom stereocenters. The maximum Gasteiger partial charge on any atom is 0.269 e. The van der Waals surface area contributed by atoms with Crippen LogP contribution in [0.5, 0.6) is 17.2 Å². The zero-order valence-electron chi connectivity index (χ0n) is 26.5. The van der Waals surface area contributed by atoms with Crippen molar-refractivity contribution in [3.8, 4) is 17.2 Å². The van der Waals surface area contributed by atoms with E-state index in [1.54, 1.807) is 30.3 Å². The number of hydrazine groups is 2. The molecule has 0 radical (unpaired) electrons. The standard InChI is InChI=1S/C34H35N3O12/c1-15-28(40)19(37(36-35)33(45)16-7-4-3-5-8-16)11-23(48-15)49-21-13-34(46,22(39)14-38)12-18-25(21)32(44)27-26(30(18)42)29(41)17-9-6-10-20(47-2)24(17)31(27)43/h3-10,15,19,21,23,28,36,38,40,42,44,46H,11-14,35H2,1-2H3/t15?,19?,21-,23?,28?,34-/m0/s1. The molecule has 1 fully saturated rings. The number of ether oxygens (including phenoxy) is 3. The van der Waals surface area contributed by atoms with Crippen molar-refractivity contribution in [2.24, 2.45) is 5.84 Å². The van der Waals surface area contributed by atoms with Gasteiger partial charge in [-0.25, -0.2) is 0 Å². The number of nitrogens with two attached hydrogens (primary N) is 1. The van der Waals surface area contributed by atoms with E-state index in [0.717, 1.165) is 5.01 Å². The van der Waals surface area contributed by atoms with Gasteiger partial charge in [0.1, 0.15) is 35.6 Å². The number of benzene rings is 3. The van der Waals surface area contributed by atoms with Crippen LogP contribution in [0, 0.1) is 0 Å². The van der Waals surface area contributed by atoms with E-state index in [0.29, 0.717) is 0 Å². The number of Topliss-reactive ketones (excluding diaryl/α,β-unsaturated/α-hetero) is 1. The summed E-state index contributed by atoms with van der Waals surface area (Å²) in [6.45, 7) is 0.439. The van der Waals surface area contributed by atoms with Gasteiger partial charge >= 0.3 is 0 Å². The number of methoxy groups -OCH3 is 1. The Morgan fingerprint density at radius 3 is 2.39 bits per heavy atom. The zero-order valence-corrected chi connectivity index (χ0v) is 26.5. The van der Waals surface area contributed by atoms with Gasteiger partial charge in [-0.3, -0.25) is 30.0 Å². The Bertz CT molecular complexity index is 1850. The van der Waals surface area contributed by atoms with Crippen LogP contribution in [0.4, 0.5) is 0 Å². The van der Waals surface area contributed by atoms with Crippen molar-refractivity contribution < 1.29 is 58.9 Å². The fraction of sp³-hybridized carbons (Fsp3) is 0.353. The topological polar surface area (TPSA) is 238 Å². The van der Waals surface area contributed by atoms with Crippen LogP contribution in [0.3, 0.4) is 0 Å². The number of aliphatic hydroxyl groups is 3. The molecule has 258 valence electrons. The number of carbonyl (C=O) groups is 4. The lowest BCUT2D eigenvalue weighted by molar-refractivity contribution is -0.258. The van der Waals surface area contributed by atoms with Crippen molar-refractivity contribution in [3.63, 3.8) is 0 Å². The van der Waals surface area contributed by atoms with Crippen molar-refractivity contribution in [2.75, 3.05) is 13.7 Å². The SMILES string of the molecule is COc1cccc2c1C(=O)c1c(O)c3c(c(O)c1C2=O)C[C@@](O)(C(=O)CO)C[C@@H]3OC1CC(N(NN)C(=O)c2ccccc2)C(O)C(C)O1. The molecule has 3 aromatic rings. The molecule has 8 N–H and O–H groups in total. The van der Waals surface area contributed by atoms with Crippen LogP contribution in [0.25, 0.3) is 0 Å². The quantitative estimate of drug-likeness (QED) is 0.0767. The van der Waals surface area contributed by atoms with Crippen LogP contribution in [0.15, 0.2) is 48.5 Å². The Morgan fingerprint density at radius 2 is 1.73 bits per heavy atom. The molecule has 1 aliphatic heterocycles. The van der Waals surface area contributed by atoms with Crippen LogP contribution < -0.4 is 16.1 Å². The number of nitrogens with one attached hydrogen (secondary N) is 1. The van der Waals surface area contributed by atoms with E-state index in [1.807, 2.05) is 0 Å². The second-order valence-corrected chi connectivity index (χ2v) is 12.2. The van der Waals surface area contributed by atoms with Crippen LogP contribution in [0.1, 0.15) is 79.2 Å². The van der Waals surface area contributed by atoms with E-state index in [9.17, 15) is 44.7 Å². The van der Waals surface area contributed by atoms with Crippen molar-refractivity contribution >= 4 is 23.3 Å². The second-order valence-electron chi connectivity index (χ2n) is 12.2. The largest absolute Gasteiger partial charge is 0.507 e. The summed E-state index contributed by atoms with van der Waals surface area (Å²) in [6, 6.07) is 11.4. The number of carbonyl (C=O) groups excluding carboxylic acids is 4. The first kappa shape index (κ1) is 34.1. The summed E-state index contributed by atoms with van der Waals surface area (Å²) in [4.78, 5) is 53.9. The normalized spacial score (nSPS) is 26.0. The molecule has 0 spiro atoms. The summed E-state index contributed by atoms with van der Waals surface area (Å²) in [5.41, 5.74) is -1.48. The molecule has 3 aliphatic rings. The molecule has 2 aliphatic carbocycles. The van der Waals surface area contributed by atoms with E-state index < -0.39 is 102 Å². The third-order valence-corrected chi connectivity index (χ3v) is 9.44. The average molecular weight is 678 g/mol. The van der Waals surface area contributed by atoms with Crippen molar-refractivity contribution in [1.29, 1.82) is 0 Å². The summed E-state index contributed by atoms with van der Waals surface area (Å²) in [5, 5.41) is 56.6. The molecule has 6 atom stereocenters. The van der Waals surface area contributed by atoms with E-state index in [1.165, 1.54) is 32.2 Å². The number of rotatable bonds is 8. The van der Waals surface area contributed by atoms with Crippen LogP contribution in [-0.4, -0.2) is 97.7 Å². The fourth-order valence-corrected chi connectivity index (χ4v) is 6.97. The Balaban J connectivity index is 1.43. The van der Waals surface area contributed by atoms with Crippen LogP contribution in [-0.2, 0) is 20.7 Å². The Morgan fingerprint density at radius 1 is 1.04 bits per heavy atom. The van der Waals surface area contributed by atoms with Gasteiger partial charge in [0.15, 0.2) is 17.9 Å². The van der Waals surface area contributed by atoms with Gasteiger partial charge in [-0.2, -0.15) is 5.53 Å².